The minimum Gasteiger partial charge on any atom is -0.385 e. The third kappa shape index (κ3) is 4.18. The van der Waals surface area contributed by atoms with E-state index in [4.69, 9.17) is 4.74 Å². The number of imidazole rings is 1. The van der Waals surface area contributed by atoms with Gasteiger partial charge in [-0.1, -0.05) is 44.2 Å². The number of ether oxygens (including phenoxy) is 1. The van der Waals surface area contributed by atoms with Gasteiger partial charge < -0.3 is 14.4 Å². The molecule has 0 saturated heterocycles. The highest BCUT2D eigenvalue weighted by atomic mass is 16.5. The molecule has 2 aromatic carbocycles. The van der Waals surface area contributed by atoms with E-state index in [-0.39, 0.29) is 19.2 Å². The van der Waals surface area contributed by atoms with Crippen LogP contribution in [0.3, 0.4) is 0 Å². The van der Waals surface area contributed by atoms with Gasteiger partial charge in [0, 0.05) is 7.11 Å². The van der Waals surface area contributed by atoms with E-state index in [9.17, 15) is 9.90 Å². The molecule has 6 heteroatoms. The van der Waals surface area contributed by atoms with Crippen molar-refractivity contribution < 1.29 is 14.6 Å². The smallest absolute Gasteiger partial charge is 0.248 e. The van der Waals surface area contributed by atoms with E-state index in [1.54, 1.807) is 23.5 Å². The number of rotatable bonds is 8. The molecule has 29 heavy (non-hydrogen) atoms. The summed E-state index contributed by atoms with van der Waals surface area (Å²) >= 11 is 0. The van der Waals surface area contributed by atoms with E-state index in [0.717, 1.165) is 40.7 Å². The maximum Gasteiger partial charge on any atom is 0.248 e. The number of amides is 1. The second-order valence-electron chi connectivity index (χ2n) is 7.09. The molecule has 1 amide bonds. The molecule has 1 aromatic heterocycles. The van der Waals surface area contributed by atoms with Crippen molar-refractivity contribution >= 4 is 22.6 Å². The summed E-state index contributed by atoms with van der Waals surface area (Å²) < 4.78 is 7.19. The molecule has 0 radical (unpaired) electrons. The zero-order valence-corrected chi connectivity index (χ0v) is 17.6. The lowest BCUT2D eigenvalue weighted by Gasteiger charge is -2.27. The molecule has 0 unspecified atom stereocenters. The largest absolute Gasteiger partial charge is 0.385 e. The summed E-state index contributed by atoms with van der Waals surface area (Å²) in [5, 5.41) is 10.2. The van der Waals surface area contributed by atoms with Gasteiger partial charge in [0.25, 0.3) is 0 Å². The zero-order valence-electron chi connectivity index (χ0n) is 17.6. The number of carbonyl (C=O) groups is 1. The Morgan fingerprint density at radius 2 is 1.79 bits per heavy atom. The Kier molecular flexibility index (Phi) is 6.67. The summed E-state index contributed by atoms with van der Waals surface area (Å²) in [5.41, 5.74) is 4.74. The average molecular weight is 396 g/mol. The molecule has 0 aliphatic carbocycles. The molecule has 0 fully saturated rings. The minimum absolute atomic E-state index is 0.0747. The molecule has 0 bridgehead atoms. The molecule has 0 spiro atoms. The van der Waals surface area contributed by atoms with Gasteiger partial charge in [0.15, 0.2) is 0 Å². The van der Waals surface area contributed by atoms with Crippen molar-refractivity contribution in [2.24, 2.45) is 0 Å². The minimum atomic E-state index is -0.778. The summed E-state index contributed by atoms with van der Waals surface area (Å²) in [4.78, 5) is 19.7. The first-order valence-corrected chi connectivity index (χ1v) is 10.0. The normalized spacial score (nSPS) is 12.3. The van der Waals surface area contributed by atoms with Gasteiger partial charge in [-0.15, -0.1) is 0 Å². The SMILES string of the molecule is CCc1cccc(CC)c1N(COC)C(=O)Cn1c([C@H](C)O)nc2ccccc21. The van der Waals surface area contributed by atoms with Crippen molar-refractivity contribution in [2.75, 3.05) is 18.7 Å². The fourth-order valence-electron chi connectivity index (χ4n) is 3.75. The second kappa shape index (κ2) is 9.20. The number of aliphatic hydroxyl groups is 1. The topological polar surface area (TPSA) is 67.6 Å². The van der Waals surface area contributed by atoms with E-state index in [0.29, 0.717) is 5.82 Å². The molecular formula is C23H29N3O3. The van der Waals surface area contributed by atoms with Crippen LogP contribution in [0.4, 0.5) is 5.69 Å². The first-order valence-electron chi connectivity index (χ1n) is 10.0. The van der Waals surface area contributed by atoms with Crippen LogP contribution in [-0.4, -0.2) is 34.4 Å². The van der Waals surface area contributed by atoms with Crippen LogP contribution in [0.1, 0.15) is 43.8 Å². The van der Waals surface area contributed by atoms with Gasteiger partial charge in [-0.05, 0) is 43.0 Å². The molecule has 3 aromatic rings. The lowest BCUT2D eigenvalue weighted by Crippen LogP contribution is -2.37. The van der Waals surface area contributed by atoms with Crippen LogP contribution in [0.25, 0.3) is 11.0 Å². The van der Waals surface area contributed by atoms with Crippen LogP contribution in [-0.2, 0) is 28.9 Å². The number of aryl methyl sites for hydroxylation is 2. The van der Waals surface area contributed by atoms with Crippen LogP contribution in [0.2, 0.25) is 0 Å². The lowest BCUT2D eigenvalue weighted by atomic mass is 10.0. The maximum absolute atomic E-state index is 13.5. The number of aromatic nitrogens is 2. The number of nitrogens with zero attached hydrogens (tertiary/aromatic N) is 3. The molecule has 0 aliphatic heterocycles. The van der Waals surface area contributed by atoms with Gasteiger partial charge in [-0.25, -0.2) is 4.98 Å². The van der Waals surface area contributed by atoms with Crippen LogP contribution in [0.5, 0.6) is 0 Å². The Morgan fingerprint density at radius 1 is 1.14 bits per heavy atom. The standard InChI is InChI=1S/C23H29N3O3/c1-5-17-10-9-11-18(6-2)22(17)26(15-29-4)21(28)14-25-20-13-8-7-12-19(20)24-23(25)16(3)27/h7-13,16,27H,5-6,14-15H2,1-4H3/t16-/m0/s1. The number of fused-ring (bicyclic) bond motifs is 1. The summed E-state index contributed by atoms with van der Waals surface area (Å²) in [5.74, 6) is 0.379. The quantitative estimate of drug-likeness (QED) is 0.588. The molecular weight excluding hydrogens is 366 g/mol. The van der Waals surface area contributed by atoms with Gasteiger partial charge in [0.2, 0.25) is 5.91 Å². The van der Waals surface area contributed by atoms with Gasteiger partial charge in [-0.3, -0.25) is 9.69 Å². The van der Waals surface area contributed by atoms with E-state index >= 15 is 0 Å². The monoisotopic (exact) mass is 395 g/mol. The molecule has 6 nitrogen and oxygen atoms in total. The number of hydrogen-bond donors (Lipinski definition) is 1. The molecule has 154 valence electrons. The Morgan fingerprint density at radius 3 is 2.38 bits per heavy atom. The van der Waals surface area contributed by atoms with Gasteiger partial charge in [0.05, 0.1) is 16.7 Å². The molecule has 0 saturated carbocycles. The van der Waals surface area contributed by atoms with E-state index in [1.165, 1.54) is 0 Å². The van der Waals surface area contributed by atoms with Crippen molar-refractivity contribution in [3.8, 4) is 0 Å². The van der Waals surface area contributed by atoms with Crippen molar-refractivity contribution in [1.29, 1.82) is 0 Å². The Bertz CT molecular complexity index is 972. The van der Waals surface area contributed by atoms with Crippen molar-refractivity contribution in [3.05, 3.63) is 59.4 Å². The number of anilines is 1. The highest BCUT2D eigenvalue weighted by Gasteiger charge is 2.24. The zero-order chi connectivity index (χ0) is 21.0. The molecule has 3 rings (SSSR count). The van der Waals surface area contributed by atoms with Crippen LogP contribution < -0.4 is 4.90 Å². The summed E-state index contributed by atoms with van der Waals surface area (Å²) in [6.45, 7) is 6.08. The number of aliphatic hydroxyl groups excluding tert-OH is 1. The first kappa shape index (κ1) is 21.0. The van der Waals surface area contributed by atoms with Crippen molar-refractivity contribution in [2.45, 2.75) is 46.3 Å². The Balaban J connectivity index is 2.05. The van der Waals surface area contributed by atoms with Gasteiger partial charge in [0.1, 0.15) is 25.2 Å². The van der Waals surface area contributed by atoms with E-state index < -0.39 is 6.10 Å². The number of para-hydroxylation sites is 3. The number of carbonyl (C=O) groups excluding carboxylic acids is 1. The predicted octanol–water partition coefficient (Wildman–Crippen LogP) is 3.85. The lowest BCUT2D eigenvalue weighted by molar-refractivity contribution is -0.120. The third-order valence-electron chi connectivity index (χ3n) is 5.15. The second-order valence-corrected chi connectivity index (χ2v) is 7.09. The predicted molar refractivity (Wildman–Crippen MR) is 115 cm³/mol. The number of hydrogen-bond acceptors (Lipinski definition) is 4. The van der Waals surface area contributed by atoms with Gasteiger partial charge >= 0.3 is 0 Å². The summed E-state index contributed by atoms with van der Waals surface area (Å²) in [6.07, 6.45) is 0.868. The maximum atomic E-state index is 13.5. The molecule has 0 aliphatic rings. The first-order chi connectivity index (χ1) is 14.0. The summed E-state index contributed by atoms with van der Waals surface area (Å²) in [6, 6.07) is 13.7. The van der Waals surface area contributed by atoms with Crippen LogP contribution in [0.15, 0.2) is 42.5 Å². The van der Waals surface area contributed by atoms with Crippen LogP contribution >= 0.6 is 0 Å². The fourth-order valence-corrected chi connectivity index (χ4v) is 3.75. The van der Waals surface area contributed by atoms with Crippen molar-refractivity contribution in [1.82, 2.24) is 9.55 Å². The highest BCUT2D eigenvalue weighted by molar-refractivity contribution is 5.95. The van der Waals surface area contributed by atoms with Gasteiger partial charge in [-0.2, -0.15) is 0 Å². The van der Waals surface area contributed by atoms with E-state index in [2.05, 4.69) is 31.0 Å². The third-order valence-corrected chi connectivity index (χ3v) is 5.15. The molecule has 1 N–H and O–H groups in total. The molecule has 1 atom stereocenters. The summed E-state index contributed by atoms with van der Waals surface area (Å²) in [7, 11) is 1.59. The Hall–Kier alpha value is -2.70. The van der Waals surface area contributed by atoms with Crippen molar-refractivity contribution in [3.63, 3.8) is 0 Å². The Labute approximate surface area is 171 Å². The molecule has 1 heterocycles. The van der Waals surface area contributed by atoms with Crippen LogP contribution in [0, 0.1) is 0 Å². The number of methoxy groups -OCH3 is 1. The van der Waals surface area contributed by atoms with E-state index in [1.807, 2.05) is 30.3 Å². The highest BCUT2D eigenvalue weighted by Crippen LogP contribution is 2.28. The fraction of sp³-hybridized carbons (Fsp3) is 0.391. The average Bonchev–Trinajstić information content (AvgIpc) is 3.10. The number of benzene rings is 2.